The van der Waals surface area contributed by atoms with E-state index in [1.807, 2.05) is 13.2 Å². The second kappa shape index (κ2) is 4.82. The summed E-state index contributed by atoms with van der Waals surface area (Å²) in [6, 6.07) is 1.71. The summed E-state index contributed by atoms with van der Waals surface area (Å²) >= 11 is 0. The van der Waals surface area contributed by atoms with Gasteiger partial charge in [-0.25, -0.2) is 9.97 Å². The Morgan fingerprint density at radius 1 is 1.41 bits per heavy atom. The lowest BCUT2D eigenvalue weighted by Crippen LogP contribution is -2.03. The van der Waals surface area contributed by atoms with Crippen molar-refractivity contribution in [3.05, 3.63) is 24.3 Å². The molecule has 3 N–H and O–H groups in total. The van der Waals surface area contributed by atoms with Crippen LogP contribution in [0.15, 0.2) is 18.5 Å². The minimum absolute atomic E-state index is 0.481. The lowest BCUT2D eigenvalue weighted by Gasteiger charge is -2.05. The van der Waals surface area contributed by atoms with Crippen molar-refractivity contribution >= 4 is 17.3 Å². The molecule has 17 heavy (non-hydrogen) atoms. The van der Waals surface area contributed by atoms with Gasteiger partial charge in [0.1, 0.15) is 17.5 Å². The molecule has 0 radical (unpaired) electrons. The topological polar surface area (TPSA) is 81.6 Å². The second-order valence-corrected chi connectivity index (χ2v) is 3.87. The molecule has 0 aliphatic rings. The van der Waals surface area contributed by atoms with E-state index in [-0.39, 0.29) is 0 Å². The Bertz CT molecular complexity index is 504. The molecule has 2 aromatic rings. The molecule has 0 saturated heterocycles. The first-order chi connectivity index (χ1) is 8.17. The number of anilines is 3. The van der Waals surface area contributed by atoms with Crippen molar-refractivity contribution in [3.63, 3.8) is 0 Å². The zero-order valence-electron chi connectivity index (χ0n) is 10.0. The third-order valence-corrected chi connectivity index (χ3v) is 2.24. The van der Waals surface area contributed by atoms with E-state index in [1.54, 1.807) is 16.9 Å². The summed E-state index contributed by atoms with van der Waals surface area (Å²) in [5, 5.41) is 7.22. The number of aromatic nitrogens is 4. The lowest BCUT2D eigenvalue weighted by molar-refractivity contribution is 0.768. The summed E-state index contributed by atoms with van der Waals surface area (Å²) in [5.74, 6) is 1.95. The zero-order valence-corrected chi connectivity index (χ0v) is 10.0. The SMILES string of the molecule is CCCc1nc(N)cc(Nc2cnn(C)c2)n1. The summed E-state index contributed by atoms with van der Waals surface area (Å²) in [6.45, 7) is 2.08. The van der Waals surface area contributed by atoms with Gasteiger partial charge < -0.3 is 11.1 Å². The van der Waals surface area contributed by atoms with Crippen LogP contribution in [0.25, 0.3) is 0 Å². The molecule has 0 amide bonds. The molecule has 2 heterocycles. The van der Waals surface area contributed by atoms with Crippen molar-refractivity contribution in [1.82, 2.24) is 19.7 Å². The number of nitrogens with zero attached hydrogens (tertiary/aromatic N) is 4. The van der Waals surface area contributed by atoms with Crippen molar-refractivity contribution in [2.24, 2.45) is 7.05 Å². The Kier molecular flexibility index (Phi) is 3.22. The van der Waals surface area contributed by atoms with Gasteiger partial charge in [0.05, 0.1) is 11.9 Å². The molecule has 0 aliphatic carbocycles. The summed E-state index contributed by atoms with van der Waals surface area (Å²) in [4.78, 5) is 8.56. The highest BCUT2D eigenvalue weighted by Gasteiger charge is 2.03. The molecular weight excluding hydrogens is 216 g/mol. The van der Waals surface area contributed by atoms with E-state index in [1.165, 1.54) is 0 Å². The summed E-state index contributed by atoms with van der Waals surface area (Å²) in [7, 11) is 1.86. The maximum Gasteiger partial charge on any atom is 0.136 e. The van der Waals surface area contributed by atoms with Crippen molar-refractivity contribution in [2.75, 3.05) is 11.1 Å². The van der Waals surface area contributed by atoms with E-state index < -0.39 is 0 Å². The highest BCUT2D eigenvalue weighted by atomic mass is 15.3. The Balaban J connectivity index is 2.20. The molecule has 0 fully saturated rings. The van der Waals surface area contributed by atoms with Crippen molar-refractivity contribution in [1.29, 1.82) is 0 Å². The van der Waals surface area contributed by atoms with Gasteiger partial charge in [0.15, 0.2) is 0 Å². The normalized spacial score (nSPS) is 10.5. The van der Waals surface area contributed by atoms with Gasteiger partial charge in [0, 0.05) is 25.7 Å². The molecule has 2 aromatic heterocycles. The molecule has 0 spiro atoms. The van der Waals surface area contributed by atoms with Crippen LogP contribution in [0, 0.1) is 0 Å². The number of hydrogen-bond acceptors (Lipinski definition) is 5. The molecule has 0 aliphatic heterocycles. The number of nitrogens with one attached hydrogen (secondary N) is 1. The summed E-state index contributed by atoms with van der Waals surface area (Å²) in [6.07, 6.45) is 5.43. The number of nitrogen functional groups attached to an aromatic ring is 1. The average Bonchev–Trinajstić information content (AvgIpc) is 2.63. The summed E-state index contributed by atoms with van der Waals surface area (Å²) < 4.78 is 1.72. The molecule has 0 saturated carbocycles. The maximum atomic E-state index is 5.74. The van der Waals surface area contributed by atoms with Crippen LogP contribution in [0.4, 0.5) is 17.3 Å². The maximum absolute atomic E-state index is 5.74. The van der Waals surface area contributed by atoms with Gasteiger partial charge in [0.2, 0.25) is 0 Å². The van der Waals surface area contributed by atoms with Crippen molar-refractivity contribution in [3.8, 4) is 0 Å². The predicted octanol–water partition coefficient (Wildman–Crippen LogP) is 1.49. The van der Waals surface area contributed by atoms with Crippen LogP contribution in [0.1, 0.15) is 19.2 Å². The first-order valence-corrected chi connectivity index (χ1v) is 5.56. The highest BCUT2D eigenvalue weighted by molar-refractivity contribution is 5.56. The fraction of sp³-hybridized carbons (Fsp3) is 0.364. The molecular formula is C11H16N6. The number of hydrogen-bond donors (Lipinski definition) is 2. The van der Waals surface area contributed by atoms with Crippen LogP contribution in [0.3, 0.4) is 0 Å². The van der Waals surface area contributed by atoms with Crippen LogP contribution < -0.4 is 11.1 Å². The molecule has 0 aromatic carbocycles. The van der Waals surface area contributed by atoms with Gasteiger partial charge >= 0.3 is 0 Å². The third kappa shape index (κ3) is 2.93. The fourth-order valence-corrected chi connectivity index (χ4v) is 1.55. The van der Waals surface area contributed by atoms with Crippen LogP contribution in [0.2, 0.25) is 0 Å². The number of aryl methyl sites for hydroxylation is 2. The first kappa shape index (κ1) is 11.4. The Hall–Kier alpha value is -2.11. The van der Waals surface area contributed by atoms with Crippen LogP contribution in [-0.4, -0.2) is 19.7 Å². The zero-order chi connectivity index (χ0) is 12.3. The third-order valence-electron chi connectivity index (χ3n) is 2.24. The Morgan fingerprint density at radius 3 is 2.88 bits per heavy atom. The Morgan fingerprint density at radius 2 is 2.24 bits per heavy atom. The molecule has 0 bridgehead atoms. The van der Waals surface area contributed by atoms with Gasteiger partial charge in [-0.2, -0.15) is 5.10 Å². The molecule has 0 atom stereocenters. The van der Waals surface area contributed by atoms with E-state index >= 15 is 0 Å². The summed E-state index contributed by atoms with van der Waals surface area (Å²) in [5.41, 5.74) is 6.62. The van der Waals surface area contributed by atoms with Crippen LogP contribution in [0.5, 0.6) is 0 Å². The van der Waals surface area contributed by atoms with E-state index in [0.29, 0.717) is 11.6 Å². The van der Waals surface area contributed by atoms with Crippen LogP contribution in [-0.2, 0) is 13.5 Å². The Labute approximate surface area is 99.9 Å². The van der Waals surface area contributed by atoms with E-state index in [4.69, 9.17) is 5.73 Å². The van der Waals surface area contributed by atoms with Crippen molar-refractivity contribution in [2.45, 2.75) is 19.8 Å². The van der Waals surface area contributed by atoms with E-state index in [9.17, 15) is 0 Å². The van der Waals surface area contributed by atoms with Gasteiger partial charge in [-0.05, 0) is 6.42 Å². The van der Waals surface area contributed by atoms with Gasteiger partial charge in [0.25, 0.3) is 0 Å². The van der Waals surface area contributed by atoms with Gasteiger partial charge in [-0.15, -0.1) is 0 Å². The largest absolute Gasteiger partial charge is 0.384 e. The highest BCUT2D eigenvalue weighted by Crippen LogP contribution is 2.15. The molecule has 0 unspecified atom stereocenters. The predicted molar refractivity (Wildman–Crippen MR) is 66.9 cm³/mol. The number of rotatable bonds is 4. The van der Waals surface area contributed by atoms with Gasteiger partial charge in [-0.3, -0.25) is 4.68 Å². The fourth-order valence-electron chi connectivity index (χ4n) is 1.55. The minimum atomic E-state index is 0.481. The second-order valence-electron chi connectivity index (χ2n) is 3.87. The lowest BCUT2D eigenvalue weighted by atomic mass is 10.3. The van der Waals surface area contributed by atoms with Gasteiger partial charge in [-0.1, -0.05) is 6.92 Å². The monoisotopic (exact) mass is 232 g/mol. The minimum Gasteiger partial charge on any atom is -0.384 e. The van der Waals surface area contributed by atoms with E-state index in [0.717, 1.165) is 24.4 Å². The molecule has 6 nitrogen and oxygen atoms in total. The molecule has 2 rings (SSSR count). The first-order valence-electron chi connectivity index (χ1n) is 5.56. The standard InChI is InChI=1S/C11H16N6/c1-3-4-10-15-9(12)5-11(16-10)14-8-6-13-17(2)7-8/h5-7H,3-4H2,1-2H3,(H3,12,14,15,16). The number of nitrogens with two attached hydrogens (primary N) is 1. The molecule has 6 heteroatoms. The van der Waals surface area contributed by atoms with E-state index in [2.05, 4.69) is 27.3 Å². The van der Waals surface area contributed by atoms with Crippen LogP contribution >= 0.6 is 0 Å². The molecule has 90 valence electrons. The quantitative estimate of drug-likeness (QED) is 0.834. The van der Waals surface area contributed by atoms with Crippen molar-refractivity contribution < 1.29 is 0 Å². The smallest absolute Gasteiger partial charge is 0.136 e. The average molecular weight is 232 g/mol.